The molecule has 1 amide bonds. The number of hydrogen-bond acceptors (Lipinski definition) is 4. The molecule has 0 radical (unpaired) electrons. The van der Waals surface area contributed by atoms with E-state index in [4.69, 9.17) is 27.9 Å². The van der Waals surface area contributed by atoms with Crippen LogP contribution in [0.25, 0.3) is 0 Å². The topological polar surface area (TPSA) is 41.9 Å². The third kappa shape index (κ3) is 4.72. The van der Waals surface area contributed by atoms with Gasteiger partial charge in [0.15, 0.2) is 11.8 Å². The van der Waals surface area contributed by atoms with Gasteiger partial charge in [0.1, 0.15) is 5.75 Å². The summed E-state index contributed by atoms with van der Waals surface area (Å²) < 4.78 is 5.68. The van der Waals surface area contributed by atoms with Crippen LogP contribution >= 0.6 is 35.0 Å². The average molecular weight is 409 g/mol. The van der Waals surface area contributed by atoms with Crippen molar-refractivity contribution >= 4 is 51.7 Å². The summed E-state index contributed by atoms with van der Waals surface area (Å²) in [5.74, 6) is 0.530. The summed E-state index contributed by atoms with van der Waals surface area (Å²) in [4.78, 5) is 18.9. The average Bonchev–Trinajstić information content (AvgIpc) is 2.96. The summed E-state index contributed by atoms with van der Waals surface area (Å²) in [7, 11) is 0. The predicted molar refractivity (Wildman–Crippen MR) is 109 cm³/mol. The number of benzene rings is 2. The fraction of sp³-hybridized carbons (Fsp3) is 0.263. The van der Waals surface area contributed by atoms with Crippen molar-refractivity contribution in [2.24, 2.45) is 4.99 Å². The molecule has 0 spiro atoms. The minimum Gasteiger partial charge on any atom is -0.483 e. The van der Waals surface area contributed by atoms with E-state index in [1.165, 1.54) is 0 Å². The van der Waals surface area contributed by atoms with Crippen LogP contribution in [-0.4, -0.2) is 34.4 Å². The second-order valence-electron chi connectivity index (χ2n) is 6.00. The molecule has 1 fully saturated rings. The Morgan fingerprint density at radius 3 is 2.62 bits per heavy atom. The van der Waals surface area contributed by atoms with Gasteiger partial charge in [0, 0.05) is 21.8 Å². The van der Waals surface area contributed by atoms with Crippen LogP contribution in [0.15, 0.2) is 47.5 Å². The highest BCUT2D eigenvalue weighted by Gasteiger charge is 2.31. The zero-order valence-electron chi connectivity index (χ0n) is 14.4. The number of aliphatic imine (C=N–C) groups is 1. The third-order valence-electron chi connectivity index (χ3n) is 3.82. The smallest absolute Gasteiger partial charge is 0.266 e. The number of thioether (sulfide) groups is 1. The molecule has 1 aliphatic rings. The van der Waals surface area contributed by atoms with Crippen LogP contribution in [-0.2, 0) is 4.79 Å². The van der Waals surface area contributed by atoms with E-state index in [0.717, 1.165) is 11.3 Å². The van der Waals surface area contributed by atoms with Crippen molar-refractivity contribution in [2.45, 2.75) is 19.1 Å². The van der Waals surface area contributed by atoms with E-state index in [2.05, 4.69) is 11.9 Å². The van der Waals surface area contributed by atoms with Crippen molar-refractivity contribution in [2.75, 3.05) is 13.2 Å². The molecule has 3 rings (SSSR count). The first-order valence-electron chi connectivity index (χ1n) is 8.12. The van der Waals surface area contributed by atoms with Crippen LogP contribution in [0.4, 0.5) is 5.69 Å². The molecule has 0 N–H and O–H groups in total. The Kier molecular flexibility index (Phi) is 6.12. The highest BCUT2D eigenvalue weighted by molar-refractivity contribution is 8.14. The largest absolute Gasteiger partial charge is 0.483 e. The monoisotopic (exact) mass is 408 g/mol. The number of hydrogen-bond donors (Lipinski definition) is 0. The first-order valence-corrected chi connectivity index (χ1v) is 9.76. The summed E-state index contributed by atoms with van der Waals surface area (Å²) in [5.41, 5.74) is 1.66. The summed E-state index contributed by atoms with van der Waals surface area (Å²) in [6, 6.07) is 12.5. The summed E-state index contributed by atoms with van der Waals surface area (Å²) in [6.45, 7) is 4.53. The Morgan fingerprint density at radius 1 is 1.23 bits per heavy atom. The van der Waals surface area contributed by atoms with Gasteiger partial charge in [0.25, 0.3) is 5.91 Å². The molecular formula is C19H18Cl2N2O2S. The molecule has 1 saturated heterocycles. The van der Waals surface area contributed by atoms with Gasteiger partial charge in [-0.1, -0.05) is 41.9 Å². The number of amidine groups is 1. The number of carbonyl (C=O) groups excluding carboxylic acids is 1. The van der Waals surface area contributed by atoms with Crippen LogP contribution in [0, 0.1) is 6.92 Å². The normalized spacial score (nSPS) is 18.4. The molecule has 2 aromatic rings. The van der Waals surface area contributed by atoms with Gasteiger partial charge in [-0.3, -0.25) is 9.69 Å². The number of amides is 1. The first-order chi connectivity index (χ1) is 12.4. The van der Waals surface area contributed by atoms with Gasteiger partial charge in [0.2, 0.25) is 0 Å². The fourth-order valence-corrected chi connectivity index (χ4v) is 3.93. The van der Waals surface area contributed by atoms with Crippen molar-refractivity contribution in [3.8, 4) is 5.75 Å². The minimum atomic E-state index is -0.121. The Bertz CT molecular complexity index is 840. The number of halogens is 2. The molecule has 0 aromatic heterocycles. The van der Waals surface area contributed by atoms with E-state index in [0.29, 0.717) is 27.5 Å². The predicted octanol–water partition coefficient (Wildman–Crippen LogP) is 5.33. The van der Waals surface area contributed by atoms with Crippen LogP contribution < -0.4 is 4.74 Å². The highest BCUT2D eigenvalue weighted by atomic mass is 35.5. The van der Waals surface area contributed by atoms with Gasteiger partial charge in [-0.2, -0.15) is 0 Å². The van der Waals surface area contributed by atoms with Crippen LogP contribution in [0.2, 0.25) is 10.0 Å². The molecule has 1 aliphatic heterocycles. The molecule has 26 heavy (non-hydrogen) atoms. The Hall–Kier alpha value is -1.69. The van der Waals surface area contributed by atoms with E-state index in [9.17, 15) is 4.79 Å². The molecule has 1 atom stereocenters. The molecule has 4 nitrogen and oxygen atoms in total. The van der Waals surface area contributed by atoms with Gasteiger partial charge in [-0.15, -0.1) is 0 Å². The molecule has 0 unspecified atom stereocenters. The quantitative estimate of drug-likeness (QED) is 0.685. The van der Waals surface area contributed by atoms with E-state index >= 15 is 0 Å². The minimum absolute atomic E-state index is 0.0462. The summed E-state index contributed by atoms with van der Waals surface area (Å²) in [5, 5.41) is 2.26. The molecule has 136 valence electrons. The summed E-state index contributed by atoms with van der Waals surface area (Å²) >= 11 is 13.4. The lowest BCUT2D eigenvalue weighted by atomic mass is 10.2. The first kappa shape index (κ1) is 19.1. The van der Waals surface area contributed by atoms with Gasteiger partial charge < -0.3 is 4.74 Å². The maximum atomic E-state index is 12.7. The molecular weight excluding hydrogens is 391 g/mol. The van der Waals surface area contributed by atoms with E-state index < -0.39 is 0 Å². The summed E-state index contributed by atoms with van der Waals surface area (Å²) in [6.07, 6.45) is 0. The molecule has 0 saturated carbocycles. The van der Waals surface area contributed by atoms with Crippen molar-refractivity contribution in [1.82, 2.24) is 4.90 Å². The number of ether oxygens (including phenoxy) is 1. The lowest BCUT2D eigenvalue weighted by Gasteiger charge is -2.17. The number of carbonyl (C=O) groups is 1. The molecule has 7 heteroatoms. The fourth-order valence-electron chi connectivity index (χ4n) is 2.53. The maximum absolute atomic E-state index is 12.7. The van der Waals surface area contributed by atoms with Gasteiger partial charge in [0.05, 0.1) is 5.69 Å². The van der Waals surface area contributed by atoms with E-state index in [1.54, 1.807) is 40.9 Å². The van der Waals surface area contributed by atoms with Gasteiger partial charge in [-0.05, 0) is 55.0 Å². The SMILES string of the molecule is Cc1cc(Cl)ccc1OCC(=O)N1C[C@H](C)SC1=Nc1ccc(Cl)cc1. The van der Waals surface area contributed by atoms with E-state index in [-0.39, 0.29) is 17.8 Å². The van der Waals surface area contributed by atoms with Crippen molar-refractivity contribution in [3.63, 3.8) is 0 Å². The van der Waals surface area contributed by atoms with Crippen molar-refractivity contribution < 1.29 is 9.53 Å². The van der Waals surface area contributed by atoms with E-state index in [1.807, 2.05) is 25.1 Å². The van der Waals surface area contributed by atoms with Gasteiger partial charge in [-0.25, -0.2) is 4.99 Å². The van der Waals surface area contributed by atoms with Gasteiger partial charge >= 0.3 is 0 Å². The second-order valence-corrected chi connectivity index (χ2v) is 8.28. The molecule has 0 bridgehead atoms. The molecule has 0 aliphatic carbocycles. The third-order valence-corrected chi connectivity index (χ3v) is 5.38. The van der Waals surface area contributed by atoms with Crippen LogP contribution in [0.1, 0.15) is 12.5 Å². The Morgan fingerprint density at radius 2 is 1.92 bits per heavy atom. The second kappa shape index (κ2) is 8.33. The standard InChI is InChI=1S/C19H18Cl2N2O2S/c1-12-9-15(21)5-8-17(12)25-11-18(24)23-10-13(2)26-19(23)22-16-6-3-14(20)4-7-16/h3-9,13H,10-11H2,1-2H3/t13-/m0/s1. The zero-order chi connectivity index (χ0) is 18.7. The lowest BCUT2D eigenvalue weighted by molar-refractivity contribution is -0.129. The Labute approximate surface area is 167 Å². The number of rotatable bonds is 4. The maximum Gasteiger partial charge on any atom is 0.266 e. The van der Waals surface area contributed by atoms with Crippen LogP contribution in [0.5, 0.6) is 5.75 Å². The lowest BCUT2D eigenvalue weighted by Crippen LogP contribution is -2.36. The van der Waals surface area contributed by atoms with Crippen molar-refractivity contribution in [3.05, 3.63) is 58.1 Å². The highest BCUT2D eigenvalue weighted by Crippen LogP contribution is 2.29. The zero-order valence-corrected chi connectivity index (χ0v) is 16.7. The van der Waals surface area contributed by atoms with Crippen LogP contribution in [0.3, 0.4) is 0 Å². The van der Waals surface area contributed by atoms with Crippen molar-refractivity contribution in [1.29, 1.82) is 0 Å². The Balaban J connectivity index is 1.71. The number of aryl methyl sites for hydroxylation is 1. The molecule has 2 aromatic carbocycles. The number of nitrogens with zero attached hydrogens (tertiary/aromatic N) is 2. The molecule has 1 heterocycles.